The molecule has 6 atom stereocenters. The maximum Gasteiger partial charge on any atom is 0.192 e. The van der Waals surface area contributed by atoms with Crippen molar-refractivity contribution in [1.29, 1.82) is 0 Å². The van der Waals surface area contributed by atoms with Gasteiger partial charge in [0.05, 0.1) is 12.2 Å². The quantitative estimate of drug-likeness (QED) is 0.186. The van der Waals surface area contributed by atoms with Gasteiger partial charge in [-0.05, 0) is 128 Å². The second kappa shape index (κ2) is 12.9. The second-order valence-corrected chi connectivity index (χ2v) is 27.8. The summed E-state index contributed by atoms with van der Waals surface area (Å²) in [5.74, 6) is 2.39. The lowest BCUT2D eigenvalue weighted by Gasteiger charge is -2.45. The van der Waals surface area contributed by atoms with Crippen LogP contribution in [0.1, 0.15) is 113 Å². The molecule has 0 N–H and O–H groups in total. The van der Waals surface area contributed by atoms with E-state index < -0.39 is 16.6 Å². The molecule has 0 bridgehead atoms. The molecule has 0 aromatic carbocycles. The number of carbonyl (C=O) groups is 1. The van der Waals surface area contributed by atoms with Crippen LogP contribution in [0.3, 0.4) is 0 Å². The lowest BCUT2D eigenvalue weighted by molar-refractivity contribution is -0.115. The predicted molar refractivity (Wildman–Crippen MR) is 193 cm³/mol. The van der Waals surface area contributed by atoms with Crippen LogP contribution in [0.5, 0.6) is 0 Å². The SMILES string of the molecule is C=C1C(=CC=C2CCC[C@]3(C)[C@@H]([C@H](C)C=CC(=O)C4CC4)CC[C@@H]23)C[C@@H](O[Si](C)(C)C(C)(C)C)C[C@@H]1O[Si](C)(C)C(C)(C)C. The van der Waals surface area contributed by atoms with Gasteiger partial charge in [0.1, 0.15) is 0 Å². The van der Waals surface area contributed by atoms with E-state index in [1.807, 2.05) is 6.08 Å². The summed E-state index contributed by atoms with van der Waals surface area (Å²) in [4.78, 5) is 12.4. The van der Waals surface area contributed by atoms with E-state index in [0.717, 1.165) is 25.7 Å². The number of fused-ring (bicyclic) bond motifs is 1. The molecule has 4 saturated carbocycles. The third kappa shape index (κ3) is 7.74. The molecule has 4 rings (SSSR count). The molecule has 0 spiro atoms. The number of carbonyl (C=O) groups excluding carboxylic acids is 1. The highest BCUT2D eigenvalue weighted by molar-refractivity contribution is 6.74. The maximum atomic E-state index is 12.4. The van der Waals surface area contributed by atoms with Gasteiger partial charge in [0.15, 0.2) is 22.4 Å². The Labute approximate surface area is 273 Å². The fourth-order valence-corrected chi connectivity index (χ4v) is 10.5. The Hall–Kier alpha value is -1.02. The molecule has 0 heterocycles. The van der Waals surface area contributed by atoms with Crippen LogP contribution in [-0.4, -0.2) is 34.6 Å². The molecule has 0 unspecified atom stereocenters. The van der Waals surface area contributed by atoms with E-state index in [0.29, 0.717) is 34.9 Å². The minimum Gasteiger partial charge on any atom is -0.413 e. The van der Waals surface area contributed by atoms with E-state index in [-0.39, 0.29) is 22.3 Å². The summed E-state index contributed by atoms with van der Waals surface area (Å²) in [5.41, 5.74) is 4.43. The Morgan fingerprint density at radius 1 is 0.955 bits per heavy atom. The number of hydrogen-bond donors (Lipinski definition) is 0. The van der Waals surface area contributed by atoms with Gasteiger partial charge in [-0.25, -0.2) is 0 Å². The number of hydrogen-bond acceptors (Lipinski definition) is 3. The van der Waals surface area contributed by atoms with Crippen LogP contribution in [0.2, 0.25) is 36.3 Å². The fraction of sp³-hybridized carbons (Fsp3) is 0.769. The van der Waals surface area contributed by atoms with Crippen molar-refractivity contribution in [2.24, 2.45) is 29.1 Å². The molecule has 0 aromatic heterocycles. The van der Waals surface area contributed by atoms with Crippen molar-refractivity contribution in [3.63, 3.8) is 0 Å². The molecular weight excluding hydrogens is 573 g/mol. The summed E-state index contributed by atoms with van der Waals surface area (Å²) in [6.07, 6.45) is 19.5. The normalized spacial score (nSPS) is 33.3. The molecular formula is C39H66O3Si2. The van der Waals surface area contributed by atoms with Gasteiger partial charge in [-0.1, -0.05) is 85.8 Å². The molecule has 0 aromatic rings. The van der Waals surface area contributed by atoms with E-state index >= 15 is 0 Å². The molecule has 0 radical (unpaired) electrons. The van der Waals surface area contributed by atoms with E-state index in [9.17, 15) is 4.79 Å². The maximum absolute atomic E-state index is 12.4. The van der Waals surface area contributed by atoms with Gasteiger partial charge in [0.2, 0.25) is 0 Å². The van der Waals surface area contributed by atoms with Crippen molar-refractivity contribution in [2.45, 2.75) is 162 Å². The molecule has 248 valence electrons. The highest BCUT2D eigenvalue weighted by Gasteiger charge is 2.50. The highest BCUT2D eigenvalue weighted by Crippen LogP contribution is 2.59. The van der Waals surface area contributed by atoms with Crippen molar-refractivity contribution in [3.8, 4) is 0 Å². The van der Waals surface area contributed by atoms with Gasteiger partial charge in [-0.15, -0.1) is 0 Å². The first kappa shape index (κ1) is 35.8. The van der Waals surface area contributed by atoms with E-state index in [2.05, 4.69) is 106 Å². The predicted octanol–water partition coefficient (Wildman–Crippen LogP) is 11.4. The lowest BCUT2D eigenvalue weighted by atomic mass is 9.61. The van der Waals surface area contributed by atoms with E-state index in [4.69, 9.17) is 8.85 Å². The molecule has 44 heavy (non-hydrogen) atoms. The summed E-state index contributed by atoms with van der Waals surface area (Å²) in [5, 5.41) is 0.321. The largest absolute Gasteiger partial charge is 0.413 e. The number of allylic oxidation sites excluding steroid dienone is 5. The first-order valence-corrected chi connectivity index (χ1v) is 23.6. The third-order valence-corrected chi connectivity index (χ3v) is 22.0. The van der Waals surface area contributed by atoms with Gasteiger partial charge in [-0.2, -0.15) is 0 Å². The van der Waals surface area contributed by atoms with Gasteiger partial charge >= 0.3 is 0 Å². The zero-order chi connectivity index (χ0) is 32.9. The van der Waals surface area contributed by atoms with Crippen LogP contribution in [0.15, 0.2) is 47.6 Å². The molecule has 0 amide bonds. The Morgan fingerprint density at radius 3 is 2.16 bits per heavy atom. The van der Waals surface area contributed by atoms with Crippen molar-refractivity contribution < 1.29 is 13.6 Å². The van der Waals surface area contributed by atoms with Crippen LogP contribution in [0.25, 0.3) is 0 Å². The molecule has 4 aliphatic rings. The van der Waals surface area contributed by atoms with Gasteiger partial charge in [0.25, 0.3) is 0 Å². The zero-order valence-electron chi connectivity index (χ0n) is 30.6. The zero-order valence-corrected chi connectivity index (χ0v) is 32.6. The summed E-state index contributed by atoms with van der Waals surface area (Å²) < 4.78 is 14.1. The molecule has 3 nitrogen and oxygen atoms in total. The van der Waals surface area contributed by atoms with Gasteiger partial charge in [-0.3, -0.25) is 4.79 Å². The van der Waals surface area contributed by atoms with Crippen LogP contribution >= 0.6 is 0 Å². The van der Waals surface area contributed by atoms with Crippen molar-refractivity contribution in [2.75, 3.05) is 0 Å². The molecule has 0 aliphatic heterocycles. The first-order chi connectivity index (χ1) is 20.2. The second-order valence-electron chi connectivity index (χ2n) is 18.3. The summed E-state index contributed by atoms with van der Waals surface area (Å²) in [6, 6.07) is 0. The van der Waals surface area contributed by atoms with Gasteiger partial charge in [0, 0.05) is 12.3 Å². The Balaban J connectivity index is 1.58. The van der Waals surface area contributed by atoms with Crippen LogP contribution in [0, 0.1) is 29.1 Å². The van der Waals surface area contributed by atoms with E-state index in [1.165, 1.54) is 43.3 Å². The van der Waals surface area contributed by atoms with Crippen molar-refractivity contribution in [1.82, 2.24) is 0 Å². The monoisotopic (exact) mass is 638 g/mol. The Bertz CT molecular complexity index is 1170. The smallest absolute Gasteiger partial charge is 0.192 e. The standard InChI is InChI=1S/C39H66O3Si2/c1-27(16-23-35(40)30-18-19-30)33-21-22-34-29(15-14-24-39(33,34)9)17-20-31-25-32(41-43(10,11)37(3,4)5)26-36(28(31)2)42-44(12,13)38(6,7)8/h16-17,20,23,27,30,32-34,36H,2,14-15,18-19,21-22,24-26H2,1,3-13H3/t27-,32-,33-,34+,36+,39-/m1/s1. The van der Waals surface area contributed by atoms with Crippen molar-refractivity contribution >= 4 is 22.4 Å². The van der Waals surface area contributed by atoms with Gasteiger partial charge < -0.3 is 8.85 Å². The minimum atomic E-state index is -1.98. The number of rotatable bonds is 9. The minimum absolute atomic E-state index is 0.0162. The molecule has 4 fully saturated rings. The molecule has 4 aliphatic carbocycles. The first-order valence-electron chi connectivity index (χ1n) is 17.8. The highest BCUT2D eigenvalue weighted by atomic mass is 28.4. The summed E-state index contributed by atoms with van der Waals surface area (Å²) in [7, 11) is -3.91. The van der Waals surface area contributed by atoms with Crippen LogP contribution in [0.4, 0.5) is 0 Å². The molecule has 5 heteroatoms. The van der Waals surface area contributed by atoms with Crippen molar-refractivity contribution in [3.05, 3.63) is 47.6 Å². The van der Waals surface area contributed by atoms with E-state index in [1.54, 1.807) is 5.57 Å². The summed E-state index contributed by atoms with van der Waals surface area (Å²) >= 11 is 0. The fourth-order valence-electron chi connectivity index (χ4n) is 7.79. The van der Waals surface area contributed by atoms with Crippen LogP contribution < -0.4 is 0 Å². The molecule has 0 saturated heterocycles. The average Bonchev–Trinajstić information content (AvgIpc) is 3.68. The Kier molecular flexibility index (Phi) is 10.5. The number of ketones is 1. The summed E-state index contributed by atoms with van der Waals surface area (Å²) in [6.45, 7) is 33.0. The third-order valence-electron chi connectivity index (χ3n) is 13.0. The Morgan fingerprint density at radius 2 is 1.57 bits per heavy atom. The van der Waals surface area contributed by atoms with Crippen LogP contribution in [-0.2, 0) is 13.6 Å². The topological polar surface area (TPSA) is 35.5 Å². The average molecular weight is 639 g/mol. The lowest BCUT2D eigenvalue weighted by Crippen LogP contribution is -2.49.